The Balaban J connectivity index is 1.63. The molecule has 1 unspecified atom stereocenters. The Morgan fingerprint density at radius 3 is 2.68 bits per heavy atom. The molecule has 0 aliphatic carbocycles. The average Bonchev–Trinajstić information content (AvgIpc) is 3.16. The molecule has 2 aromatic carbocycles. The van der Waals surface area contributed by atoms with Gasteiger partial charge in [0, 0.05) is 11.1 Å². The maximum atomic E-state index is 13.2. The highest BCUT2D eigenvalue weighted by molar-refractivity contribution is 7.18. The highest BCUT2D eigenvalue weighted by Crippen LogP contribution is 2.28. The second kappa shape index (κ2) is 8.57. The molecule has 3 rings (SSSR count). The van der Waals surface area contributed by atoms with Crippen LogP contribution in [0, 0.1) is 5.82 Å². The van der Waals surface area contributed by atoms with E-state index in [1.54, 1.807) is 7.11 Å². The zero-order chi connectivity index (χ0) is 20.1. The standard InChI is InChI=1S/C19H17FN4O3S/c1-11(21-17(26)12-5-3-7-14(20)9-12)16(25)22-19-24-23-18(28-19)13-6-4-8-15(10-13)27-2/h3-11H,1-2H3,(H,21,26)(H,22,24,25). The molecule has 0 aliphatic rings. The van der Waals surface area contributed by atoms with Gasteiger partial charge in [0.2, 0.25) is 11.0 Å². The highest BCUT2D eigenvalue weighted by atomic mass is 32.1. The molecule has 0 radical (unpaired) electrons. The normalized spacial score (nSPS) is 11.5. The molecule has 144 valence electrons. The lowest BCUT2D eigenvalue weighted by Gasteiger charge is -2.12. The fourth-order valence-electron chi connectivity index (χ4n) is 2.34. The van der Waals surface area contributed by atoms with Crippen molar-refractivity contribution in [3.8, 4) is 16.3 Å². The Morgan fingerprint density at radius 2 is 1.93 bits per heavy atom. The fraction of sp³-hybridized carbons (Fsp3) is 0.158. The van der Waals surface area contributed by atoms with Crippen LogP contribution in [-0.4, -0.2) is 35.2 Å². The van der Waals surface area contributed by atoms with Gasteiger partial charge in [-0.1, -0.05) is 29.5 Å². The van der Waals surface area contributed by atoms with Crippen LogP contribution in [0.1, 0.15) is 17.3 Å². The minimum absolute atomic E-state index is 0.135. The Morgan fingerprint density at radius 1 is 1.14 bits per heavy atom. The number of aromatic nitrogens is 2. The van der Waals surface area contributed by atoms with Crippen molar-refractivity contribution < 1.29 is 18.7 Å². The Labute approximate surface area is 164 Å². The zero-order valence-corrected chi connectivity index (χ0v) is 15.9. The first kappa shape index (κ1) is 19.4. The fourth-order valence-corrected chi connectivity index (χ4v) is 3.08. The van der Waals surface area contributed by atoms with Gasteiger partial charge in [-0.05, 0) is 37.3 Å². The van der Waals surface area contributed by atoms with Gasteiger partial charge >= 0.3 is 0 Å². The molecule has 1 heterocycles. The maximum Gasteiger partial charge on any atom is 0.252 e. The van der Waals surface area contributed by atoms with Gasteiger partial charge in [0.05, 0.1) is 7.11 Å². The van der Waals surface area contributed by atoms with Gasteiger partial charge in [-0.25, -0.2) is 4.39 Å². The minimum Gasteiger partial charge on any atom is -0.497 e. The third kappa shape index (κ3) is 4.68. The van der Waals surface area contributed by atoms with Crippen LogP contribution < -0.4 is 15.4 Å². The van der Waals surface area contributed by atoms with Crippen LogP contribution in [0.25, 0.3) is 10.6 Å². The first-order chi connectivity index (χ1) is 13.5. The van der Waals surface area contributed by atoms with E-state index >= 15 is 0 Å². The van der Waals surface area contributed by atoms with Crippen LogP contribution in [-0.2, 0) is 4.79 Å². The molecule has 0 bridgehead atoms. The summed E-state index contributed by atoms with van der Waals surface area (Å²) in [5, 5.41) is 14.1. The molecule has 0 aliphatic heterocycles. The molecule has 2 amide bonds. The molecule has 28 heavy (non-hydrogen) atoms. The second-order valence-corrected chi connectivity index (χ2v) is 6.82. The van der Waals surface area contributed by atoms with Gasteiger partial charge in [0.15, 0.2) is 0 Å². The lowest BCUT2D eigenvalue weighted by molar-refractivity contribution is -0.117. The number of hydrogen-bond acceptors (Lipinski definition) is 6. The van der Waals surface area contributed by atoms with E-state index in [9.17, 15) is 14.0 Å². The van der Waals surface area contributed by atoms with Gasteiger partial charge in [-0.2, -0.15) is 0 Å². The number of benzene rings is 2. The SMILES string of the molecule is COc1cccc(-c2nnc(NC(=O)C(C)NC(=O)c3cccc(F)c3)s2)c1. The van der Waals surface area contributed by atoms with Crippen molar-refractivity contribution in [2.45, 2.75) is 13.0 Å². The van der Waals surface area contributed by atoms with E-state index < -0.39 is 23.7 Å². The van der Waals surface area contributed by atoms with Crippen molar-refractivity contribution in [3.63, 3.8) is 0 Å². The smallest absolute Gasteiger partial charge is 0.252 e. The molecule has 2 N–H and O–H groups in total. The van der Waals surface area contributed by atoms with E-state index in [0.717, 1.165) is 11.6 Å². The van der Waals surface area contributed by atoms with Crippen molar-refractivity contribution in [1.29, 1.82) is 0 Å². The third-order valence-electron chi connectivity index (χ3n) is 3.80. The van der Waals surface area contributed by atoms with Crippen LogP contribution in [0.4, 0.5) is 9.52 Å². The van der Waals surface area contributed by atoms with Crippen molar-refractivity contribution in [2.75, 3.05) is 12.4 Å². The maximum absolute atomic E-state index is 13.2. The Bertz CT molecular complexity index is 1010. The number of halogens is 1. The van der Waals surface area contributed by atoms with Crippen LogP contribution in [0.3, 0.4) is 0 Å². The number of ether oxygens (including phenoxy) is 1. The molecule has 1 atom stereocenters. The van der Waals surface area contributed by atoms with E-state index in [0.29, 0.717) is 15.9 Å². The van der Waals surface area contributed by atoms with Gasteiger partial charge in [-0.3, -0.25) is 14.9 Å². The monoisotopic (exact) mass is 400 g/mol. The highest BCUT2D eigenvalue weighted by Gasteiger charge is 2.19. The number of carbonyl (C=O) groups is 2. The molecule has 0 saturated carbocycles. The summed E-state index contributed by atoms with van der Waals surface area (Å²) in [5.74, 6) is -0.842. The lowest BCUT2D eigenvalue weighted by Crippen LogP contribution is -2.41. The van der Waals surface area contributed by atoms with E-state index in [2.05, 4.69) is 20.8 Å². The molecule has 9 heteroatoms. The van der Waals surface area contributed by atoms with Gasteiger partial charge in [-0.15, -0.1) is 10.2 Å². The summed E-state index contributed by atoms with van der Waals surface area (Å²) in [6.45, 7) is 1.52. The van der Waals surface area contributed by atoms with Gasteiger partial charge in [0.1, 0.15) is 22.6 Å². The summed E-state index contributed by atoms with van der Waals surface area (Å²) in [6.07, 6.45) is 0. The average molecular weight is 400 g/mol. The molecule has 0 spiro atoms. The van der Waals surface area contributed by atoms with Gasteiger partial charge in [0.25, 0.3) is 5.91 Å². The van der Waals surface area contributed by atoms with Crippen LogP contribution >= 0.6 is 11.3 Å². The lowest BCUT2D eigenvalue weighted by atomic mass is 10.2. The number of nitrogens with zero attached hydrogens (tertiary/aromatic N) is 2. The summed E-state index contributed by atoms with van der Waals surface area (Å²) in [5.41, 5.74) is 0.945. The molecule has 0 saturated heterocycles. The number of carbonyl (C=O) groups excluding carboxylic acids is 2. The second-order valence-electron chi connectivity index (χ2n) is 5.84. The van der Waals surface area contributed by atoms with Crippen LogP contribution in [0.15, 0.2) is 48.5 Å². The van der Waals surface area contributed by atoms with E-state index in [1.165, 1.54) is 36.5 Å². The zero-order valence-electron chi connectivity index (χ0n) is 15.1. The number of hydrogen-bond donors (Lipinski definition) is 2. The molecular weight excluding hydrogens is 383 g/mol. The molecule has 3 aromatic rings. The summed E-state index contributed by atoms with van der Waals surface area (Å²) in [7, 11) is 1.57. The predicted octanol–water partition coefficient (Wildman–Crippen LogP) is 3.11. The number of amides is 2. The Kier molecular flexibility index (Phi) is 5.95. The molecule has 7 nitrogen and oxygen atoms in total. The topological polar surface area (TPSA) is 93.2 Å². The number of methoxy groups -OCH3 is 1. The largest absolute Gasteiger partial charge is 0.497 e. The molecular formula is C19H17FN4O3S. The molecule has 0 fully saturated rings. The van der Waals surface area contributed by atoms with Crippen molar-refractivity contribution in [2.24, 2.45) is 0 Å². The van der Waals surface area contributed by atoms with Crippen molar-refractivity contribution in [3.05, 3.63) is 59.9 Å². The number of rotatable bonds is 6. The minimum atomic E-state index is -0.847. The van der Waals surface area contributed by atoms with E-state index in [4.69, 9.17) is 4.74 Å². The third-order valence-corrected chi connectivity index (χ3v) is 4.69. The number of nitrogens with one attached hydrogen (secondary N) is 2. The van der Waals surface area contributed by atoms with Crippen LogP contribution in [0.5, 0.6) is 5.75 Å². The van der Waals surface area contributed by atoms with Crippen LogP contribution in [0.2, 0.25) is 0 Å². The van der Waals surface area contributed by atoms with E-state index in [-0.39, 0.29) is 5.56 Å². The summed E-state index contributed by atoms with van der Waals surface area (Å²) in [6, 6.07) is 11.7. The Hall–Kier alpha value is -3.33. The summed E-state index contributed by atoms with van der Waals surface area (Å²) < 4.78 is 18.4. The quantitative estimate of drug-likeness (QED) is 0.663. The van der Waals surface area contributed by atoms with Crippen molar-refractivity contribution in [1.82, 2.24) is 15.5 Å². The first-order valence-corrected chi connectivity index (χ1v) is 9.13. The number of anilines is 1. The van der Waals surface area contributed by atoms with Gasteiger partial charge < -0.3 is 10.1 Å². The summed E-state index contributed by atoms with van der Waals surface area (Å²) in [4.78, 5) is 24.4. The van der Waals surface area contributed by atoms with E-state index in [1.807, 2.05) is 24.3 Å². The molecule has 1 aromatic heterocycles. The first-order valence-electron chi connectivity index (χ1n) is 8.31. The summed E-state index contributed by atoms with van der Waals surface area (Å²) >= 11 is 1.20. The van der Waals surface area contributed by atoms with Crippen molar-refractivity contribution >= 4 is 28.3 Å². The predicted molar refractivity (Wildman–Crippen MR) is 104 cm³/mol.